The number of nitrogens with zero attached hydrogens (tertiary/aromatic N) is 2. The van der Waals surface area contributed by atoms with Crippen molar-refractivity contribution in [2.45, 2.75) is 6.54 Å². The average molecular weight is 404 g/mol. The fourth-order valence-corrected chi connectivity index (χ4v) is 3.94. The minimum absolute atomic E-state index is 0.108. The number of amides is 1. The van der Waals surface area contributed by atoms with E-state index in [4.69, 9.17) is 9.47 Å². The number of ether oxygens (including phenoxy) is 2. The summed E-state index contributed by atoms with van der Waals surface area (Å²) in [4.78, 5) is 19.5. The largest absolute Gasteiger partial charge is 0.493 e. The van der Waals surface area contributed by atoms with Crippen molar-refractivity contribution in [3.05, 3.63) is 84.4 Å². The third-order valence-corrected chi connectivity index (χ3v) is 5.48. The number of aromatic nitrogens is 1. The molecule has 4 aromatic rings. The highest BCUT2D eigenvalue weighted by Crippen LogP contribution is 2.30. The van der Waals surface area contributed by atoms with E-state index in [1.807, 2.05) is 66.7 Å². The molecule has 0 aliphatic rings. The summed E-state index contributed by atoms with van der Waals surface area (Å²) in [6.07, 6.45) is 0. The lowest BCUT2D eigenvalue weighted by molar-refractivity contribution is -0.120. The lowest BCUT2D eigenvalue weighted by atomic mass is 10.2. The molecule has 0 spiro atoms. The van der Waals surface area contributed by atoms with Crippen LogP contribution in [-0.4, -0.2) is 24.6 Å². The molecule has 1 aromatic heterocycles. The van der Waals surface area contributed by atoms with Gasteiger partial charge in [0.25, 0.3) is 5.91 Å². The molecule has 4 rings (SSSR count). The van der Waals surface area contributed by atoms with Crippen molar-refractivity contribution < 1.29 is 14.3 Å². The molecule has 3 aromatic carbocycles. The van der Waals surface area contributed by atoms with Gasteiger partial charge < -0.3 is 9.47 Å². The molecule has 0 unspecified atom stereocenters. The summed E-state index contributed by atoms with van der Waals surface area (Å²) in [6, 6.07) is 25.0. The summed E-state index contributed by atoms with van der Waals surface area (Å²) in [5.41, 5.74) is 1.90. The summed E-state index contributed by atoms with van der Waals surface area (Å²) in [6.45, 7) is 0.317. The summed E-state index contributed by atoms with van der Waals surface area (Å²) in [5.74, 6) is 0.959. The quantitative estimate of drug-likeness (QED) is 0.439. The normalized spacial score (nSPS) is 10.7. The summed E-state index contributed by atoms with van der Waals surface area (Å²) in [7, 11) is 1.58. The topological polar surface area (TPSA) is 51.7 Å². The molecule has 0 saturated carbocycles. The zero-order valence-corrected chi connectivity index (χ0v) is 16.8. The minimum Gasteiger partial charge on any atom is -0.493 e. The van der Waals surface area contributed by atoms with Crippen LogP contribution in [0.2, 0.25) is 0 Å². The first-order valence-corrected chi connectivity index (χ1v) is 10.0. The Labute approximate surface area is 173 Å². The van der Waals surface area contributed by atoms with Crippen molar-refractivity contribution in [2.75, 3.05) is 18.6 Å². The molecule has 146 valence electrons. The second kappa shape index (κ2) is 8.75. The van der Waals surface area contributed by atoms with E-state index >= 15 is 0 Å². The Bertz CT molecular complexity index is 1080. The zero-order chi connectivity index (χ0) is 20.1. The van der Waals surface area contributed by atoms with E-state index in [9.17, 15) is 4.79 Å². The number of thiazole rings is 1. The number of hydrogen-bond acceptors (Lipinski definition) is 5. The Morgan fingerprint density at radius 3 is 2.38 bits per heavy atom. The minimum atomic E-state index is -0.168. The van der Waals surface area contributed by atoms with Gasteiger partial charge in [0.2, 0.25) is 0 Å². The number of carbonyl (C=O) groups excluding carboxylic acids is 1. The number of carbonyl (C=O) groups is 1. The Balaban J connectivity index is 1.59. The maximum absolute atomic E-state index is 13.1. The van der Waals surface area contributed by atoms with Gasteiger partial charge in [-0.25, -0.2) is 4.98 Å². The molecule has 1 heterocycles. The Kier molecular flexibility index (Phi) is 5.72. The van der Waals surface area contributed by atoms with Gasteiger partial charge in [0, 0.05) is 0 Å². The number of benzene rings is 3. The number of fused-ring (bicyclic) bond motifs is 1. The molecule has 0 fully saturated rings. The highest BCUT2D eigenvalue weighted by molar-refractivity contribution is 7.22. The van der Waals surface area contributed by atoms with Crippen LogP contribution in [0.4, 0.5) is 5.13 Å². The first-order chi connectivity index (χ1) is 14.2. The molecule has 0 radical (unpaired) electrons. The third-order valence-electron chi connectivity index (χ3n) is 4.42. The van der Waals surface area contributed by atoms with Crippen LogP contribution >= 0.6 is 11.3 Å². The number of para-hydroxylation sites is 3. The van der Waals surface area contributed by atoms with Crippen molar-refractivity contribution in [1.82, 2.24) is 4.98 Å². The van der Waals surface area contributed by atoms with E-state index in [1.165, 1.54) is 11.3 Å². The molecule has 5 nitrogen and oxygen atoms in total. The molecule has 6 heteroatoms. The molecule has 1 amide bonds. The number of hydrogen-bond donors (Lipinski definition) is 0. The van der Waals surface area contributed by atoms with Crippen LogP contribution in [0.25, 0.3) is 10.2 Å². The molecule has 0 aliphatic heterocycles. The number of methoxy groups -OCH3 is 1. The van der Waals surface area contributed by atoms with Gasteiger partial charge in [-0.05, 0) is 29.8 Å². The van der Waals surface area contributed by atoms with Gasteiger partial charge in [-0.1, -0.05) is 65.9 Å². The van der Waals surface area contributed by atoms with Crippen molar-refractivity contribution in [2.24, 2.45) is 0 Å². The van der Waals surface area contributed by atoms with Crippen LogP contribution in [0.15, 0.2) is 78.9 Å². The predicted octanol–water partition coefficient (Wildman–Crippen LogP) is 4.92. The van der Waals surface area contributed by atoms with Gasteiger partial charge in [-0.3, -0.25) is 9.69 Å². The van der Waals surface area contributed by atoms with Gasteiger partial charge in [0.05, 0.1) is 23.9 Å². The van der Waals surface area contributed by atoms with Crippen LogP contribution in [0, 0.1) is 0 Å². The Hall–Kier alpha value is -3.38. The third kappa shape index (κ3) is 4.38. The Morgan fingerprint density at radius 2 is 1.62 bits per heavy atom. The second-order valence-corrected chi connectivity index (χ2v) is 7.38. The van der Waals surface area contributed by atoms with E-state index in [0.717, 1.165) is 15.8 Å². The fraction of sp³-hybridized carbons (Fsp3) is 0.130. The lowest BCUT2D eigenvalue weighted by Gasteiger charge is -2.20. The molecule has 0 bridgehead atoms. The van der Waals surface area contributed by atoms with Gasteiger partial charge in [-0.15, -0.1) is 0 Å². The first kappa shape index (κ1) is 19.0. The van der Waals surface area contributed by atoms with E-state index in [-0.39, 0.29) is 12.5 Å². The van der Waals surface area contributed by atoms with Crippen LogP contribution in [0.3, 0.4) is 0 Å². The maximum Gasteiger partial charge on any atom is 0.267 e. The summed E-state index contributed by atoms with van der Waals surface area (Å²) >= 11 is 1.50. The second-order valence-electron chi connectivity index (χ2n) is 6.37. The van der Waals surface area contributed by atoms with Crippen LogP contribution in [-0.2, 0) is 11.3 Å². The Morgan fingerprint density at radius 1 is 0.931 bits per heavy atom. The van der Waals surface area contributed by atoms with E-state index < -0.39 is 0 Å². The molecule has 0 N–H and O–H groups in total. The van der Waals surface area contributed by atoms with Crippen LogP contribution in [0.1, 0.15) is 5.56 Å². The van der Waals surface area contributed by atoms with Crippen LogP contribution < -0.4 is 14.4 Å². The van der Waals surface area contributed by atoms with Gasteiger partial charge in [0.1, 0.15) is 0 Å². The van der Waals surface area contributed by atoms with Crippen molar-refractivity contribution in [3.63, 3.8) is 0 Å². The smallest absolute Gasteiger partial charge is 0.267 e. The van der Waals surface area contributed by atoms with E-state index in [2.05, 4.69) is 4.98 Å². The standard InChI is InChI=1S/C23H20N2O3S/c1-27-19-12-6-7-13-20(19)28-16-22(26)25(15-17-9-3-2-4-10-17)23-24-18-11-5-8-14-21(18)29-23/h2-14H,15-16H2,1H3. The highest BCUT2D eigenvalue weighted by Gasteiger charge is 2.21. The SMILES string of the molecule is COc1ccccc1OCC(=O)N(Cc1ccccc1)c1nc2ccccc2s1. The van der Waals surface area contributed by atoms with E-state index in [0.29, 0.717) is 23.2 Å². The summed E-state index contributed by atoms with van der Waals surface area (Å²) < 4.78 is 12.1. The molecule has 0 aliphatic carbocycles. The van der Waals surface area contributed by atoms with E-state index in [1.54, 1.807) is 24.1 Å². The van der Waals surface area contributed by atoms with Crippen LogP contribution in [0.5, 0.6) is 11.5 Å². The van der Waals surface area contributed by atoms with Crippen molar-refractivity contribution in [1.29, 1.82) is 0 Å². The monoisotopic (exact) mass is 404 g/mol. The van der Waals surface area contributed by atoms with Gasteiger partial charge in [-0.2, -0.15) is 0 Å². The highest BCUT2D eigenvalue weighted by atomic mass is 32.1. The number of rotatable bonds is 7. The molecule has 0 saturated heterocycles. The maximum atomic E-state index is 13.1. The molecule has 29 heavy (non-hydrogen) atoms. The van der Waals surface area contributed by atoms with Crippen molar-refractivity contribution in [3.8, 4) is 11.5 Å². The molecular formula is C23H20N2O3S. The average Bonchev–Trinajstić information content (AvgIpc) is 3.20. The fourth-order valence-electron chi connectivity index (χ4n) is 2.96. The lowest BCUT2D eigenvalue weighted by Crippen LogP contribution is -2.34. The first-order valence-electron chi connectivity index (χ1n) is 9.20. The van der Waals surface area contributed by atoms with Gasteiger partial charge >= 0.3 is 0 Å². The predicted molar refractivity (Wildman–Crippen MR) is 116 cm³/mol. The van der Waals surface area contributed by atoms with Crippen molar-refractivity contribution >= 4 is 32.6 Å². The molecule has 0 atom stereocenters. The molecular weight excluding hydrogens is 384 g/mol. The zero-order valence-electron chi connectivity index (χ0n) is 15.9. The summed E-state index contributed by atoms with van der Waals surface area (Å²) in [5, 5.41) is 0.656. The van der Waals surface area contributed by atoms with Gasteiger partial charge in [0.15, 0.2) is 23.2 Å². The number of anilines is 1.